The molecule has 0 aromatic heterocycles. The monoisotopic (exact) mass is 615 g/mol. The molecule has 0 fully saturated rings. The lowest BCUT2D eigenvalue weighted by molar-refractivity contribution is -0.137. The van der Waals surface area contributed by atoms with Crippen LogP contribution in [-0.4, -0.2) is 56.8 Å². The van der Waals surface area contributed by atoms with Gasteiger partial charge in [0.05, 0.1) is 22.7 Å². The van der Waals surface area contributed by atoms with E-state index in [1.165, 1.54) is 0 Å². The number of alkyl halides is 3. The number of sulfonamides is 1. The third-order valence-corrected chi connectivity index (χ3v) is 11.5. The van der Waals surface area contributed by atoms with Gasteiger partial charge >= 0.3 is 6.18 Å². The molecule has 0 spiro atoms. The highest BCUT2D eigenvalue weighted by molar-refractivity contribution is 9.10. The fourth-order valence-corrected chi connectivity index (χ4v) is 4.22. The standard InChI is InChI=1S/C15H11BrF3NO3S.C7H18S.C3H8O/c16-11-4-5-14-13(9-11)20(6-7-23-14)24(21,22)12-3-1-2-10(8-12)15(17,18)19;1-7(2,3)8(4,5)6;1-2-3-4/h1-5,8-9H,6-7H2;1-6H3;4H,2-3H2,1H3. The van der Waals surface area contributed by atoms with E-state index >= 15 is 0 Å². The lowest BCUT2D eigenvalue weighted by atomic mass is 10.2. The number of benzene rings is 2. The zero-order valence-electron chi connectivity index (χ0n) is 21.8. The van der Waals surface area contributed by atoms with Crippen LogP contribution in [-0.2, 0) is 16.2 Å². The molecule has 206 valence electrons. The summed E-state index contributed by atoms with van der Waals surface area (Å²) in [7, 11) is -4.48. The molecule has 5 nitrogen and oxygen atoms in total. The second-order valence-corrected chi connectivity index (χ2v) is 17.4. The van der Waals surface area contributed by atoms with Crippen molar-refractivity contribution in [1.82, 2.24) is 0 Å². The van der Waals surface area contributed by atoms with Crippen molar-refractivity contribution in [2.45, 2.75) is 49.9 Å². The summed E-state index contributed by atoms with van der Waals surface area (Å²) in [6, 6.07) is 8.56. The smallest absolute Gasteiger partial charge is 0.416 e. The van der Waals surface area contributed by atoms with E-state index in [1.54, 1.807) is 18.2 Å². The van der Waals surface area contributed by atoms with E-state index in [9.17, 15) is 21.6 Å². The van der Waals surface area contributed by atoms with Crippen molar-refractivity contribution < 1.29 is 31.4 Å². The van der Waals surface area contributed by atoms with Crippen LogP contribution in [0.3, 0.4) is 0 Å². The maximum atomic E-state index is 12.9. The number of ether oxygens (including phenoxy) is 1. The Morgan fingerprint density at radius 1 is 1.06 bits per heavy atom. The molecule has 1 N–H and O–H groups in total. The predicted octanol–water partition coefficient (Wildman–Crippen LogP) is 6.92. The summed E-state index contributed by atoms with van der Waals surface area (Å²) in [5.74, 6) is 0.361. The van der Waals surface area contributed by atoms with Crippen molar-refractivity contribution in [3.8, 4) is 5.75 Å². The Balaban J connectivity index is 0.000000452. The lowest BCUT2D eigenvalue weighted by Gasteiger charge is -2.40. The molecular weight excluding hydrogens is 579 g/mol. The van der Waals surface area contributed by atoms with Crippen LogP contribution in [0.15, 0.2) is 51.8 Å². The molecule has 0 atom stereocenters. The molecule has 2 aromatic carbocycles. The minimum atomic E-state index is -4.61. The van der Waals surface area contributed by atoms with Gasteiger partial charge in [0.1, 0.15) is 12.4 Å². The van der Waals surface area contributed by atoms with Gasteiger partial charge in [-0.3, -0.25) is 4.31 Å². The van der Waals surface area contributed by atoms with E-state index in [0.29, 0.717) is 27.6 Å². The number of anilines is 1. The van der Waals surface area contributed by atoms with E-state index in [0.717, 1.165) is 28.9 Å². The topological polar surface area (TPSA) is 66.8 Å². The van der Waals surface area contributed by atoms with E-state index < -0.39 is 26.7 Å². The summed E-state index contributed by atoms with van der Waals surface area (Å²) in [5.41, 5.74) is -0.723. The van der Waals surface area contributed by atoms with Crippen LogP contribution in [0.4, 0.5) is 18.9 Å². The van der Waals surface area contributed by atoms with Gasteiger partial charge in [-0.1, -0.05) is 49.7 Å². The molecule has 0 radical (unpaired) electrons. The highest BCUT2D eigenvalue weighted by Crippen LogP contribution is 2.48. The third kappa shape index (κ3) is 9.15. The number of aliphatic hydroxyl groups is 1. The number of hydrogen-bond acceptors (Lipinski definition) is 4. The van der Waals surface area contributed by atoms with Gasteiger partial charge in [-0.15, -0.1) is 0 Å². The average Bonchev–Trinajstić information content (AvgIpc) is 2.77. The number of aliphatic hydroxyl groups excluding tert-OH is 1. The molecule has 1 aliphatic heterocycles. The Labute approximate surface area is 223 Å². The van der Waals surface area contributed by atoms with Crippen molar-refractivity contribution in [2.75, 3.05) is 42.8 Å². The quantitative estimate of drug-likeness (QED) is 0.407. The maximum absolute atomic E-state index is 12.9. The van der Waals surface area contributed by atoms with Gasteiger partial charge in [-0.25, -0.2) is 18.4 Å². The first-order chi connectivity index (χ1) is 16.4. The predicted molar refractivity (Wildman–Crippen MR) is 148 cm³/mol. The zero-order chi connectivity index (χ0) is 27.9. The van der Waals surface area contributed by atoms with Gasteiger partial charge in [-0.2, -0.15) is 13.2 Å². The van der Waals surface area contributed by atoms with Crippen molar-refractivity contribution in [1.29, 1.82) is 0 Å². The van der Waals surface area contributed by atoms with Gasteiger partial charge in [0, 0.05) is 11.1 Å². The summed E-state index contributed by atoms with van der Waals surface area (Å²) in [4.78, 5) is -0.412. The summed E-state index contributed by atoms with van der Waals surface area (Å²) < 4.78 is 71.9. The lowest BCUT2D eigenvalue weighted by Crippen LogP contribution is -2.38. The van der Waals surface area contributed by atoms with Gasteiger partial charge in [0.2, 0.25) is 0 Å². The third-order valence-electron chi connectivity index (χ3n) is 5.55. The number of fused-ring (bicyclic) bond motifs is 1. The van der Waals surface area contributed by atoms with Gasteiger partial charge < -0.3 is 9.84 Å². The molecule has 0 amide bonds. The van der Waals surface area contributed by atoms with Crippen molar-refractivity contribution >= 4 is 41.7 Å². The highest BCUT2D eigenvalue weighted by Gasteiger charge is 2.34. The van der Waals surface area contributed by atoms with Crippen molar-refractivity contribution in [3.05, 3.63) is 52.5 Å². The maximum Gasteiger partial charge on any atom is 0.416 e. The molecule has 11 heteroatoms. The number of nitrogens with zero attached hydrogens (tertiary/aromatic N) is 1. The number of rotatable bonds is 3. The first-order valence-electron chi connectivity index (χ1n) is 11.3. The number of hydrogen-bond donors (Lipinski definition) is 1. The molecule has 0 saturated carbocycles. The van der Waals surface area contributed by atoms with Crippen LogP contribution in [0, 0.1) is 0 Å². The van der Waals surface area contributed by atoms with Crippen LogP contribution in [0.2, 0.25) is 0 Å². The minimum Gasteiger partial charge on any atom is -0.489 e. The molecule has 1 aliphatic rings. The van der Waals surface area contributed by atoms with E-state index in [4.69, 9.17) is 9.84 Å². The SMILES string of the molecule is CC(C)(C)S(C)(C)C.CCCO.O=S(=O)(c1cccc(C(F)(F)F)c1)N1CCOc2ccc(Br)cc21. The van der Waals surface area contributed by atoms with Crippen LogP contribution >= 0.6 is 26.0 Å². The minimum absolute atomic E-state index is 0.0159. The van der Waals surface area contributed by atoms with Gasteiger partial charge in [0.15, 0.2) is 0 Å². The zero-order valence-corrected chi connectivity index (χ0v) is 25.0. The molecule has 3 rings (SSSR count). The number of halogens is 4. The molecule has 0 aliphatic carbocycles. The summed E-state index contributed by atoms with van der Waals surface area (Å²) in [6.07, 6.45) is 3.32. The van der Waals surface area contributed by atoms with E-state index in [-0.39, 0.29) is 28.9 Å². The Morgan fingerprint density at radius 3 is 2.08 bits per heavy atom. The molecule has 0 unspecified atom stereocenters. The Kier molecular flexibility index (Phi) is 11.7. The molecule has 2 aromatic rings. The first kappa shape index (κ1) is 32.6. The van der Waals surface area contributed by atoms with Crippen molar-refractivity contribution in [2.24, 2.45) is 0 Å². The van der Waals surface area contributed by atoms with Crippen LogP contribution in [0.25, 0.3) is 0 Å². The highest BCUT2D eigenvalue weighted by atomic mass is 79.9. The molecular formula is C25H37BrF3NO4S2. The van der Waals surface area contributed by atoms with Gasteiger partial charge in [-0.05, 0) is 66.3 Å². The largest absolute Gasteiger partial charge is 0.489 e. The van der Waals surface area contributed by atoms with E-state index in [1.807, 2.05) is 6.92 Å². The van der Waals surface area contributed by atoms with Crippen LogP contribution in [0.5, 0.6) is 5.75 Å². The van der Waals surface area contributed by atoms with Crippen LogP contribution < -0.4 is 9.04 Å². The summed E-state index contributed by atoms with van der Waals surface area (Å²) >= 11 is 3.25. The van der Waals surface area contributed by atoms with Crippen molar-refractivity contribution in [3.63, 3.8) is 0 Å². The normalized spacial score (nSPS) is 14.4. The van der Waals surface area contributed by atoms with E-state index in [2.05, 4.69) is 55.5 Å². The molecule has 0 saturated heterocycles. The Bertz CT molecular complexity index is 1080. The molecule has 36 heavy (non-hydrogen) atoms. The fourth-order valence-electron chi connectivity index (χ4n) is 2.38. The molecule has 1 heterocycles. The summed E-state index contributed by atoms with van der Waals surface area (Å²) in [5, 5.41) is 7.88. The summed E-state index contributed by atoms with van der Waals surface area (Å²) in [6.45, 7) is 9.31. The second kappa shape index (κ2) is 12.9. The Morgan fingerprint density at radius 2 is 1.61 bits per heavy atom. The first-order valence-corrected chi connectivity index (χ1v) is 16.4. The van der Waals surface area contributed by atoms with Gasteiger partial charge in [0.25, 0.3) is 10.0 Å². The Hall–Kier alpha value is -1.43. The average molecular weight is 617 g/mol. The fraction of sp³-hybridized carbons (Fsp3) is 0.520. The second-order valence-electron chi connectivity index (χ2n) is 9.74. The molecule has 0 bridgehead atoms. The van der Waals surface area contributed by atoms with Crippen LogP contribution in [0.1, 0.15) is 39.7 Å².